The van der Waals surface area contributed by atoms with E-state index in [1.165, 1.54) is 4.57 Å². The fourth-order valence-electron chi connectivity index (χ4n) is 2.98. The molecule has 1 aliphatic rings. The number of aromatic nitrogens is 4. The Morgan fingerprint density at radius 1 is 1.30 bits per heavy atom. The van der Waals surface area contributed by atoms with Crippen LogP contribution in [0.2, 0.25) is 0 Å². The van der Waals surface area contributed by atoms with Crippen molar-refractivity contribution in [2.75, 3.05) is 0 Å². The monoisotopic (exact) mass is 266 g/mol. The summed E-state index contributed by atoms with van der Waals surface area (Å²) < 4.78 is 32.8. The lowest BCUT2D eigenvalue weighted by molar-refractivity contribution is -0.648. The Morgan fingerprint density at radius 2 is 2.20 bits per heavy atom. The average molecular weight is 266 g/mol. The Hall–Kier alpha value is -2.69. The van der Waals surface area contributed by atoms with Crippen LogP contribution in [0.5, 0.6) is 0 Å². The number of fused-ring (bicyclic) bond motifs is 7. The van der Waals surface area contributed by atoms with Gasteiger partial charge in [-0.1, -0.05) is 0 Å². The van der Waals surface area contributed by atoms with E-state index in [2.05, 4.69) is 9.97 Å². The normalized spacial score (nSPS) is 15.9. The quantitative estimate of drug-likeness (QED) is 0.403. The maximum Gasteiger partial charge on any atom is 0.383 e. The molecular weight excluding hydrogens is 252 g/mol. The van der Waals surface area contributed by atoms with Crippen molar-refractivity contribution in [3.05, 3.63) is 42.5 Å². The highest BCUT2D eigenvalue weighted by molar-refractivity contribution is 6.02. The zero-order valence-corrected chi connectivity index (χ0v) is 10.4. The van der Waals surface area contributed by atoms with E-state index < -0.39 is 6.98 Å². The van der Waals surface area contributed by atoms with Gasteiger partial charge in [0.2, 0.25) is 0 Å². The van der Waals surface area contributed by atoms with Gasteiger partial charge in [-0.05, 0) is 12.1 Å². The second-order valence-electron chi connectivity index (χ2n) is 4.91. The van der Waals surface area contributed by atoms with E-state index >= 15 is 0 Å². The van der Waals surface area contributed by atoms with Gasteiger partial charge in [0, 0.05) is 29.7 Å². The smallest absolute Gasteiger partial charge is 0.380 e. The molecule has 0 bridgehead atoms. The summed E-state index contributed by atoms with van der Waals surface area (Å²) in [5.74, 6) is 0.670. The molecule has 0 spiro atoms. The molecule has 0 unspecified atom stereocenters. The molecule has 5 heterocycles. The van der Waals surface area contributed by atoms with Crippen molar-refractivity contribution < 1.29 is 13.1 Å². The number of aryl methyl sites for hydroxylation is 1. The van der Waals surface area contributed by atoms with Crippen LogP contribution in [-0.2, 0) is 13.5 Å². The summed E-state index contributed by atoms with van der Waals surface area (Å²) in [6, 6.07) is 3.71. The van der Waals surface area contributed by atoms with Crippen molar-refractivity contribution in [1.82, 2.24) is 14.5 Å². The van der Waals surface area contributed by atoms with Gasteiger partial charge in [0.05, 0.1) is 28.2 Å². The van der Waals surface area contributed by atoms with Crippen molar-refractivity contribution in [2.45, 2.75) is 6.54 Å². The summed E-state index contributed by atoms with van der Waals surface area (Å²) in [5, 5.41) is 0.821. The first-order valence-electron chi connectivity index (χ1n) is 7.80. The minimum Gasteiger partial charge on any atom is -0.380 e. The topological polar surface area (TPSA) is 47.7 Å². The van der Waals surface area contributed by atoms with Gasteiger partial charge >= 0.3 is 5.89 Å². The maximum absolute atomic E-state index is 7.84. The first-order valence-corrected chi connectivity index (χ1v) is 6.30. The predicted molar refractivity (Wildman–Crippen MR) is 73.0 cm³/mol. The number of hydrogen-bond donors (Lipinski definition) is 0. The van der Waals surface area contributed by atoms with Gasteiger partial charge in [-0.25, -0.2) is 0 Å². The third-order valence-corrected chi connectivity index (χ3v) is 3.87. The SMILES string of the molecule is [2H]C([2H])([2H])n1c2cnccc2c2c1oc1[n+]2Cc2cnccc2-1. The van der Waals surface area contributed by atoms with Crippen LogP contribution < -0.4 is 4.57 Å². The Morgan fingerprint density at radius 3 is 3.15 bits per heavy atom. The van der Waals surface area contributed by atoms with Crippen LogP contribution in [0.3, 0.4) is 0 Å². The molecule has 96 valence electrons. The van der Waals surface area contributed by atoms with Gasteiger partial charge in [0.1, 0.15) is 0 Å². The van der Waals surface area contributed by atoms with Crippen molar-refractivity contribution >= 4 is 22.1 Å². The summed E-state index contributed by atoms with van der Waals surface area (Å²) in [4.78, 5) is 8.21. The maximum atomic E-state index is 7.84. The minimum absolute atomic E-state index is 0.352. The number of rotatable bonds is 0. The molecule has 0 atom stereocenters. The molecule has 4 aromatic heterocycles. The van der Waals surface area contributed by atoms with Crippen molar-refractivity contribution in [1.29, 1.82) is 0 Å². The van der Waals surface area contributed by atoms with Gasteiger partial charge in [-0.3, -0.25) is 9.97 Å². The highest BCUT2D eigenvalue weighted by Gasteiger charge is 2.36. The van der Waals surface area contributed by atoms with E-state index in [0.717, 1.165) is 22.0 Å². The molecule has 0 saturated carbocycles. The predicted octanol–water partition coefficient (Wildman–Crippen LogP) is 2.03. The van der Waals surface area contributed by atoms with Crippen LogP contribution in [-0.4, -0.2) is 14.5 Å². The molecule has 0 fully saturated rings. The van der Waals surface area contributed by atoms with Crippen molar-refractivity contribution in [3.8, 4) is 11.5 Å². The molecule has 0 saturated heterocycles. The van der Waals surface area contributed by atoms with Gasteiger partial charge in [-0.15, -0.1) is 4.57 Å². The lowest BCUT2D eigenvalue weighted by Crippen LogP contribution is -2.30. The number of hydrogen-bond acceptors (Lipinski definition) is 3. The van der Waals surface area contributed by atoms with E-state index in [4.69, 9.17) is 8.53 Å². The van der Waals surface area contributed by atoms with Crippen molar-refractivity contribution in [3.63, 3.8) is 0 Å². The lowest BCUT2D eigenvalue weighted by Gasteiger charge is -1.93. The number of oxazole rings is 1. The fourth-order valence-corrected chi connectivity index (χ4v) is 2.98. The Balaban J connectivity index is 1.96. The van der Waals surface area contributed by atoms with Gasteiger partial charge < -0.3 is 8.98 Å². The molecule has 5 nitrogen and oxygen atoms in total. The average Bonchev–Trinajstić information content (AvgIpc) is 3.12. The molecule has 5 rings (SSSR count). The molecule has 20 heavy (non-hydrogen) atoms. The minimum atomic E-state index is -2.34. The highest BCUT2D eigenvalue weighted by Crippen LogP contribution is 2.34. The highest BCUT2D eigenvalue weighted by atomic mass is 16.4. The molecule has 5 heteroatoms. The molecule has 0 aliphatic carbocycles. The number of nitrogens with zero attached hydrogens (tertiary/aromatic N) is 4. The third kappa shape index (κ3) is 1.02. The molecule has 0 amide bonds. The lowest BCUT2D eigenvalue weighted by atomic mass is 10.2. The molecule has 4 aromatic rings. The van der Waals surface area contributed by atoms with E-state index in [9.17, 15) is 0 Å². The molecule has 0 aromatic carbocycles. The molecule has 0 N–H and O–H groups in total. The first-order chi connectivity index (χ1) is 11.1. The zero-order chi connectivity index (χ0) is 15.8. The Labute approximate surface area is 118 Å². The summed E-state index contributed by atoms with van der Waals surface area (Å²) in [6.07, 6.45) is 6.75. The van der Waals surface area contributed by atoms with E-state index in [1.807, 2.05) is 22.9 Å². The zero-order valence-electron chi connectivity index (χ0n) is 13.4. The van der Waals surface area contributed by atoms with E-state index in [1.54, 1.807) is 18.6 Å². The summed E-state index contributed by atoms with van der Waals surface area (Å²) in [6.45, 7) is -1.72. The second kappa shape index (κ2) is 3.25. The second-order valence-corrected chi connectivity index (χ2v) is 4.91. The van der Waals surface area contributed by atoms with Crippen LogP contribution in [0, 0.1) is 0 Å². The van der Waals surface area contributed by atoms with E-state index in [-0.39, 0.29) is 0 Å². The van der Waals surface area contributed by atoms with Gasteiger partial charge in [-0.2, -0.15) is 0 Å². The summed E-state index contributed by atoms with van der Waals surface area (Å²) in [7, 11) is 0. The Kier molecular flexibility index (Phi) is 1.27. The summed E-state index contributed by atoms with van der Waals surface area (Å²) >= 11 is 0. The standard InChI is InChI=1S/C15H11N4O/c1-18-12-7-17-5-3-11(12)13-15(18)20-14-10-2-4-16-6-9(10)8-19(13)14/h2-7H,8H2,1H3/q+1/i1D3. The molecule has 1 aliphatic heterocycles. The fraction of sp³-hybridized carbons (Fsp3) is 0.133. The van der Waals surface area contributed by atoms with Crippen LogP contribution in [0.4, 0.5) is 0 Å². The van der Waals surface area contributed by atoms with Crippen LogP contribution >= 0.6 is 0 Å². The summed E-state index contributed by atoms with van der Waals surface area (Å²) in [5.41, 5.74) is 3.70. The first kappa shape index (κ1) is 7.79. The van der Waals surface area contributed by atoms with Crippen molar-refractivity contribution in [2.24, 2.45) is 6.98 Å². The molecule has 0 radical (unpaired) electrons. The van der Waals surface area contributed by atoms with Gasteiger partial charge in [0.25, 0.3) is 11.2 Å². The Bertz CT molecular complexity index is 1090. The molecular formula is C15H11N4O+. The number of pyridine rings is 2. The van der Waals surface area contributed by atoms with Crippen LogP contribution in [0.25, 0.3) is 33.6 Å². The van der Waals surface area contributed by atoms with Crippen LogP contribution in [0.1, 0.15) is 9.68 Å². The van der Waals surface area contributed by atoms with E-state index in [0.29, 0.717) is 23.7 Å². The largest absolute Gasteiger partial charge is 0.383 e. The van der Waals surface area contributed by atoms with Crippen LogP contribution in [0.15, 0.2) is 41.3 Å². The third-order valence-electron chi connectivity index (χ3n) is 3.87. The van der Waals surface area contributed by atoms with Gasteiger partial charge in [0.15, 0.2) is 6.54 Å².